The van der Waals surface area contributed by atoms with E-state index in [2.05, 4.69) is 39.9 Å². The summed E-state index contributed by atoms with van der Waals surface area (Å²) < 4.78 is 0. The Bertz CT molecular complexity index is 204. The van der Waals surface area contributed by atoms with Gasteiger partial charge in [0.1, 0.15) is 0 Å². The number of nitrogens with one attached hydrogen (secondary N) is 1. The molecule has 0 saturated carbocycles. The summed E-state index contributed by atoms with van der Waals surface area (Å²) in [6.07, 6.45) is 17.3. The predicted molar refractivity (Wildman–Crippen MR) is 98.0 cm³/mol. The molecule has 21 heavy (non-hydrogen) atoms. The van der Waals surface area contributed by atoms with Crippen molar-refractivity contribution in [2.45, 2.75) is 117 Å². The Balaban J connectivity index is 3.18. The summed E-state index contributed by atoms with van der Waals surface area (Å²) in [6.45, 7) is 12.6. The smallest absolute Gasteiger partial charge is 0.00966 e. The number of hydrogen-bond acceptors (Lipinski definition) is 1. The zero-order valence-corrected chi connectivity index (χ0v) is 15.8. The van der Waals surface area contributed by atoms with Crippen LogP contribution in [0.2, 0.25) is 0 Å². The topological polar surface area (TPSA) is 12.0 Å². The molecule has 0 bridgehead atoms. The molecule has 0 heterocycles. The lowest BCUT2D eigenvalue weighted by atomic mass is 10.00. The second-order valence-electron chi connectivity index (χ2n) is 8.06. The summed E-state index contributed by atoms with van der Waals surface area (Å²) in [6, 6.07) is 0. The van der Waals surface area contributed by atoms with Crippen LogP contribution in [0.1, 0.15) is 112 Å². The van der Waals surface area contributed by atoms with Crippen molar-refractivity contribution in [3.05, 3.63) is 0 Å². The molecule has 0 aromatic rings. The van der Waals surface area contributed by atoms with Gasteiger partial charge in [-0.3, -0.25) is 0 Å². The van der Waals surface area contributed by atoms with Gasteiger partial charge in [-0.15, -0.1) is 0 Å². The Morgan fingerprint density at radius 3 is 1.57 bits per heavy atom. The Morgan fingerprint density at radius 1 is 0.714 bits per heavy atom. The predicted octanol–water partition coefficient (Wildman–Crippen LogP) is 6.71. The highest BCUT2D eigenvalue weighted by atomic mass is 14.9. The van der Waals surface area contributed by atoms with Crippen LogP contribution in [0.15, 0.2) is 0 Å². The van der Waals surface area contributed by atoms with Gasteiger partial charge in [-0.1, -0.05) is 84.5 Å². The molecular formula is C20H43N. The van der Waals surface area contributed by atoms with E-state index in [-0.39, 0.29) is 5.54 Å². The maximum absolute atomic E-state index is 3.61. The van der Waals surface area contributed by atoms with Gasteiger partial charge in [0, 0.05) is 5.54 Å². The first-order valence-corrected chi connectivity index (χ1v) is 9.70. The molecule has 0 spiro atoms. The maximum atomic E-state index is 3.61. The first kappa shape index (κ1) is 21.0. The van der Waals surface area contributed by atoms with Gasteiger partial charge in [-0.2, -0.15) is 0 Å². The van der Waals surface area contributed by atoms with Crippen LogP contribution in [0.5, 0.6) is 0 Å². The van der Waals surface area contributed by atoms with Crippen LogP contribution in [0.25, 0.3) is 0 Å². The van der Waals surface area contributed by atoms with Crippen LogP contribution < -0.4 is 5.32 Å². The van der Waals surface area contributed by atoms with Crippen LogP contribution in [0.4, 0.5) is 0 Å². The highest BCUT2D eigenvalue weighted by Crippen LogP contribution is 2.14. The lowest BCUT2D eigenvalue weighted by Gasteiger charge is -2.23. The maximum Gasteiger partial charge on any atom is 0.00966 e. The van der Waals surface area contributed by atoms with Crippen LogP contribution >= 0.6 is 0 Å². The SMILES string of the molecule is CCCCCCCCCCCCCC(C)CNC(C)(C)C. The first-order valence-electron chi connectivity index (χ1n) is 9.70. The first-order chi connectivity index (χ1) is 9.95. The summed E-state index contributed by atoms with van der Waals surface area (Å²) in [5.74, 6) is 0.822. The Kier molecular flexibility index (Phi) is 13.6. The molecule has 0 radical (unpaired) electrons. The summed E-state index contributed by atoms with van der Waals surface area (Å²) in [7, 11) is 0. The van der Waals surface area contributed by atoms with E-state index in [1.807, 2.05) is 0 Å². The standard InChI is InChI=1S/C20H43N/c1-6-7-8-9-10-11-12-13-14-15-16-17-19(2)18-21-20(3,4)5/h19,21H,6-18H2,1-5H3. The zero-order chi connectivity index (χ0) is 16.0. The largest absolute Gasteiger partial charge is 0.312 e. The van der Waals surface area contributed by atoms with E-state index < -0.39 is 0 Å². The monoisotopic (exact) mass is 297 g/mol. The minimum atomic E-state index is 0.269. The van der Waals surface area contributed by atoms with Gasteiger partial charge in [0.15, 0.2) is 0 Å². The third kappa shape index (κ3) is 17.9. The van der Waals surface area contributed by atoms with E-state index in [0.29, 0.717) is 0 Å². The van der Waals surface area contributed by atoms with E-state index >= 15 is 0 Å². The van der Waals surface area contributed by atoms with Crippen LogP contribution in [0.3, 0.4) is 0 Å². The molecule has 0 aromatic carbocycles. The summed E-state index contributed by atoms with van der Waals surface area (Å²) in [4.78, 5) is 0. The van der Waals surface area contributed by atoms with Crippen molar-refractivity contribution in [1.29, 1.82) is 0 Å². The minimum absolute atomic E-state index is 0.269. The quantitative estimate of drug-likeness (QED) is 0.351. The average Bonchev–Trinajstić information content (AvgIpc) is 2.42. The van der Waals surface area contributed by atoms with Gasteiger partial charge in [0.05, 0.1) is 0 Å². The normalized spacial score (nSPS) is 13.6. The fourth-order valence-corrected chi connectivity index (χ4v) is 2.74. The number of hydrogen-bond donors (Lipinski definition) is 1. The van der Waals surface area contributed by atoms with E-state index in [1.165, 1.54) is 83.6 Å². The number of unbranched alkanes of at least 4 members (excludes halogenated alkanes) is 10. The highest BCUT2D eigenvalue weighted by molar-refractivity contribution is 4.71. The summed E-state index contributed by atoms with van der Waals surface area (Å²) in [5.41, 5.74) is 0.269. The minimum Gasteiger partial charge on any atom is -0.312 e. The lowest BCUT2D eigenvalue weighted by Crippen LogP contribution is -2.38. The van der Waals surface area contributed by atoms with Gasteiger partial charge in [0.25, 0.3) is 0 Å². The molecule has 0 aliphatic carbocycles. The summed E-state index contributed by atoms with van der Waals surface area (Å²) >= 11 is 0. The van der Waals surface area contributed by atoms with Gasteiger partial charge < -0.3 is 5.32 Å². The van der Waals surface area contributed by atoms with E-state index in [0.717, 1.165) is 5.92 Å². The molecule has 0 aliphatic rings. The van der Waals surface area contributed by atoms with Crippen molar-refractivity contribution in [3.63, 3.8) is 0 Å². The van der Waals surface area contributed by atoms with Gasteiger partial charge in [-0.25, -0.2) is 0 Å². The van der Waals surface area contributed by atoms with Crippen molar-refractivity contribution >= 4 is 0 Å². The molecule has 0 amide bonds. The van der Waals surface area contributed by atoms with Crippen molar-refractivity contribution in [2.75, 3.05) is 6.54 Å². The average molecular weight is 298 g/mol. The second kappa shape index (κ2) is 13.6. The van der Waals surface area contributed by atoms with Crippen LogP contribution in [-0.2, 0) is 0 Å². The van der Waals surface area contributed by atoms with Crippen molar-refractivity contribution in [1.82, 2.24) is 5.32 Å². The zero-order valence-electron chi connectivity index (χ0n) is 15.8. The Morgan fingerprint density at radius 2 is 1.14 bits per heavy atom. The molecule has 1 heteroatoms. The summed E-state index contributed by atoms with van der Waals surface area (Å²) in [5, 5.41) is 3.61. The Labute approximate surface area is 135 Å². The van der Waals surface area contributed by atoms with Crippen molar-refractivity contribution < 1.29 is 0 Å². The molecule has 0 aliphatic heterocycles. The van der Waals surface area contributed by atoms with Crippen LogP contribution in [0, 0.1) is 5.92 Å². The molecule has 0 aromatic heterocycles. The van der Waals surface area contributed by atoms with Gasteiger partial charge in [0.2, 0.25) is 0 Å². The van der Waals surface area contributed by atoms with E-state index in [1.54, 1.807) is 0 Å². The molecule has 128 valence electrons. The highest BCUT2D eigenvalue weighted by Gasteiger charge is 2.10. The van der Waals surface area contributed by atoms with E-state index in [9.17, 15) is 0 Å². The fraction of sp³-hybridized carbons (Fsp3) is 1.00. The molecule has 1 atom stereocenters. The lowest BCUT2D eigenvalue weighted by molar-refractivity contribution is 0.365. The third-order valence-electron chi connectivity index (χ3n) is 4.28. The van der Waals surface area contributed by atoms with Crippen molar-refractivity contribution in [3.8, 4) is 0 Å². The second-order valence-corrected chi connectivity index (χ2v) is 8.06. The molecule has 0 fully saturated rings. The third-order valence-corrected chi connectivity index (χ3v) is 4.28. The van der Waals surface area contributed by atoms with Gasteiger partial charge in [-0.05, 0) is 39.7 Å². The van der Waals surface area contributed by atoms with Crippen molar-refractivity contribution in [2.24, 2.45) is 5.92 Å². The van der Waals surface area contributed by atoms with E-state index in [4.69, 9.17) is 0 Å². The van der Waals surface area contributed by atoms with Gasteiger partial charge >= 0.3 is 0 Å². The molecule has 1 nitrogen and oxygen atoms in total. The molecule has 1 unspecified atom stereocenters. The molecule has 0 saturated heterocycles. The fourth-order valence-electron chi connectivity index (χ4n) is 2.74. The molecule has 0 rings (SSSR count). The van der Waals surface area contributed by atoms with Crippen LogP contribution in [-0.4, -0.2) is 12.1 Å². The Hall–Kier alpha value is -0.0400. The molecule has 1 N–H and O–H groups in total. The molecular weight excluding hydrogens is 254 g/mol. The number of rotatable bonds is 14.